The smallest absolute Gasteiger partial charge is 0.226 e. The van der Waals surface area contributed by atoms with E-state index in [0.29, 0.717) is 23.7 Å². The van der Waals surface area contributed by atoms with Crippen molar-refractivity contribution in [2.24, 2.45) is 5.92 Å². The maximum atomic E-state index is 12.4. The first-order valence-corrected chi connectivity index (χ1v) is 10.2. The number of amides is 1. The standard InChI is InChI=1S/C18H19ClN2O3S.ClH/c1-25(23,24)16-4-2-3-13(9-16)17(12-5-7-15(19)8-6-12)21-18(22)14-10-20-11-14;/h2-9,14,17,20H,10-11H2,1H3,(H,21,22);1H. The zero-order valence-electron chi connectivity index (χ0n) is 14.1. The maximum absolute atomic E-state index is 12.4. The summed E-state index contributed by atoms with van der Waals surface area (Å²) in [6.07, 6.45) is 1.17. The van der Waals surface area contributed by atoms with Gasteiger partial charge < -0.3 is 10.6 Å². The first-order valence-electron chi connectivity index (χ1n) is 7.91. The van der Waals surface area contributed by atoms with Gasteiger partial charge in [0.05, 0.1) is 16.9 Å². The largest absolute Gasteiger partial charge is 0.345 e. The van der Waals surface area contributed by atoms with Crippen molar-refractivity contribution in [1.82, 2.24) is 10.6 Å². The van der Waals surface area contributed by atoms with Gasteiger partial charge in [0.1, 0.15) is 0 Å². The SMILES string of the molecule is CS(=O)(=O)c1cccc(C(NC(=O)C2CNC2)c2ccc(Cl)cc2)c1.Cl. The fourth-order valence-electron chi connectivity index (χ4n) is 2.67. The van der Waals surface area contributed by atoms with Crippen LogP contribution in [0.5, 0.6) is 0 Å². The van der Waals surface area contributed by atoms with E-state index in [0.717, 1.165) is 5.56 Å². The highest BCUT2D eigenvalue weighted by molar-refractivity contribution is 7.90. The molecule has 1 amide bonds. The lowest BCUT2D eigenvalue weighted by atomic mass is 9.96. The molecular formula is C18H20Cl2N2O3S. The molecule has 1 saturated heterocycles. The molecule has 1 aliphatic heterocycles. The molecule has 0 aliphatic carbocycles. The summed E-state index contributed by atoms with van der Waals surface area (Å²) >= 11 is 5.96. The molecule has 0 aromatic heterocycles. The molecule has 2 N–H and O–H groups in total. The maximum Gasteiger partial charge on any atom is 0.226 e. The molecule has 0 spiro atoms. The third-order valence-corrected chi connectivity index (χ3v) is 5.62. The number of nitrogens with one attached hydrogen (secondary N) is 2. The molecule has 5 nitrogen and oxygen atoms in total. The first kappa shape index (κ1) is 20.7. The lowest BCUT2D eigenvalue weighted by molar-refractivity contribution is -0.126. The van der Waals surface area contributed by atoms with Gasteiger partial charge in [-0.25, -0.2) is 8.42 Å². The number of hydrogen-bond donors (Lipinski definition) is 2. The van der Waals surface area contributed by atoms with Gasteiger partial charge in [0.2, 0.25) is 5.91 Å². The second kappa shape index (κ2) is 8.39. The number of hydrogen-bond acceptors (Lipinski definition) is 4. The van der Waals surface area contributed by atoms with Gasteiger partial charge >= 0.3 is 0 Å². The van der Waals surface area contributed by atoms with Gasteiger partial charge in [-0.2, -0.15) is 0 Å². The number of sulfone groups is 1. The molecule has 0 radical (unpaired) electrons. The van der Waals surface area contributed by atoms with Crippen LogP contribution in [-0.4, -0.2) is 33.7 Å². The molecule has 2 aromatic carbocycles. The van der Waals surface area contributed by atoms with Crippen molar-refractivity contribution in [2.45, 2.75) is 10.9 Å². The Morgan fingerprint density at radius 1 is 1.15 bits per heavy atom. The molecule has 2 aromatic rings. The summed E-state index contributed by atoms with van der Waals surface area (Å²) in [6.45, 7) is 1.31. The molecule has 1 heterocycles. The van der Waals surface area contributed by atoms with Crippen molar-refractivity contribution in [3.63, 3.8) is 0 Å². The molecule has 3 rings (SSSR count). The van der Waals surface area contributed by atoms with E-state index in [1.807, 2.05) is 18.2 Å². The predicted molar refractivity (Wildman–Crippen MR) is 105 cm³/mol. The van der Waals surface area contributed by atoms with Crippen molar-refractivity contribution in [3.8, 4) is 0 Å². The molecule has 1 aliphatic rings. The van der Waals surface area contributed by atoms with Crippen molar-refractivity contribution in [2.75, 3.05) is 19.3 Å². The molecule has 1 atom stereocenters. The topological polar surface area (TPSA) is 75.3 Å². The van der Waals surface area contributed by atoms with Crippen LogP contribution in [0.25, 0.3) is 0 Å². The third-order valence-electron chi connectivity index (χ3n) is 4.26. The van der Waals surface area contributed by atoms with Crippen LogP contribution in [0.4, 0.5) is 0 Å². The van der Waals surface area contributed by atoms with Gasteiger partial charge in [-0.15, -0.1) is 12.4 Å². The van der Waals surface area contributed by atoms with E-state index in [9.17, 15) is 13.2 Å². The van der Waals surface area contributed by atoms with Crippen LogP contribution < -0.4 is 10.6 Å². The van der Waals surface area contributed by atoms with Gasteiger partial charge in [-0.05, 0) is 35.4 Å². The molecule has 140 valence electrons. The first-order chi connectivity index (χ1) is 11.8. The van der Waals surface area contributed by atoms with Crippen LogP contribution in [0.2, 0.25) is 5.02 Å². The number of benzene rings is 2. The number of carbonyl (C=O) groups is 1. The lowest BCUT2D eigenvalue weighted by Crippen LogP contribution is -2.51. The average molecular weight is 415 g/mol. The molecule has 0 saturated carbocycles. The number of halogens is 2. The highest BCUT2D eigenvalue weighted by Crippen LogP contribution is 2.26. The van der Waals surface area contributed by atoms with E-state index in [1.165, 1.54) is 6.26 Å². The summed E-state index contributed by atoms with van der Waals surface area (Å²) < 4.78 is 23.7. The van der Waals surface area contributed by atoms with Gasteiger partial charge in [0.25, 0.3) is 0 Å². The summed E-state index contributed by atoms with van der Waals surface area (Å²) in [5.74, 6) is -0.114. The fourth-order valence-corrected chi connectivity index (χ4v) is 3.48. The Bertz CT molecular complexity index is 882. The van der Waals surface area contributed by atoms with Crippen molar-refractivity contribution >= 4 is 39.8 Å². The minimum absolute atomic E-state index is 0. The Morgan fingerprint density at radius 2 is 1.81 bits per heavy atom. The second-order valence-corrected chi connectivity index (χ2v) is 8.65. The van der Waals surface area contributed by atoms with Crippen molar-refractivity contribution < 1.29 is 13.2 Å². The van der Waals surface area contributed by atoms with Crippen molar-refractivity contribution in [1.29, 1.82) is 0 Å². The van der Waals surface area contributed by atoms with Crippen molar-refractivity contribution in [3.05, 3.63) is 64.7 Å². The van der Waals surface area contributed by atoms with Crippen LogP contribution in [0.15, 0.2) is 53.4 Å². The van der Waals surface area contributed by atoms with Gasteiger partial charge in [0.15, 0.2) is 9.84 Å². The Kier molecular flexibility index (Phi) is 6.69. The van der Waals surface area contributed by atoms with Crippen LogP contribution in [-0.2, 0) is 14.6 Å². The Balaban J connectivity index is 0.00000243. The van der Waals surface area contributed by atoms with E-state index >= 15 is 0 Å². The second-order valence-electron chi connectivity index (χ2n) is 6.19. The summed E-state index contributed by atoms with van der Waals surface area (Å²) in [7, 11) is -3.33. The highest BCUT2D eigenvalue weighted by atomic mass is 35.5. The average Bonchev–Trinajstić information content (AvgIpc) is 2.51. The molecule has 1 fully saturated rings. The lowest BCUT2D eigenvalue weighted by Gasteiger charge is -2.29. The van der Waals surface area contributed by atoms with E-state index in [1.54, 1.807) is 30.3 Å². The fraction of sp³-hybridized carbons (Fsp3) is 0.278. The minimum atomic E-state index is -3.33. The highest BCUT2D eigenvalue weighted by Gasteiger charge is 2.28. The van der Waals surface area contributed by atoms with E-state index in [-0.39, 0.29) is 29.1 Å². The summed E-state index contributed by atoms with van der Waals surface area (Å²) in [5.41, 5.74) is 1.56. The Morgan fingerprint density at radius 3 is 2.35 bits per heavy atom. The molecule has 8 heteroatoms. The van der Waals surface area contributed by atoms with Crippen LogP contribution in [0.3, 0.4) is 0 Å². The normalized spacial score (nSPS) is 15.5. The molecule has 1 unspecified atom stereocenters. The van der Waals surface area contributed by atoms with Crippen LogP contribution in [0, 0.1) is 5.92 Å². The van der Waals surface area contributed by atoms with Gasteiger partial charge in [-0.1, -0.05) is 35.9 Å². The minimum Gasteiger partial charge on any atom is -0.345 e. The quantitative estimate of drug-likeness (QED) is 0.787. The molecule has 26 heavy (non-hydrogen) atoms. The number of rotatable bonds is 5. The monoisotopic (exact) mass is 414 g/mol. The molecule has 0 bridgehead atoms. The summed E-state index contributed by atoms with van der Waals surface area (Å²) in [4.78, 5) is 12.7. The third kappa shape index (κ3) is 4.76. The zero-order valence-corrected chi connectivity index (χ0v) is 16.5. The van der Waals surface area contributed by atoms with Crippen LogP contribution >= 0.6 is 24.0 Å². The van der Waals surface area contributed by atoms with E-state index < -0.39 is 15.9 Å². The Hall–Kier alpha value is -1.60. The van der Waals surface area contributed by atoms with Crippen LogP contribution in [0.1, 0.15) is 17.2 Å². The number of carbonyl (C=O) groups excluding carboxylic acids is 1. The van der Waals surface area contributed by atoms with Gasteiger partial charge in [-0.3, -0.25) is 4.79 Å². The Labute approximate surface area is 164 Å². The van der Waals surface area contributed by atoms with E-state index in [4.69, 9.17) is 11.6 Å². The molecular weight excluding hydrogens is 395 g/mol. The summed E-state index contributed by atoms with van der Waals surface area (Å²) in [5, 5.41) is 6.71. The van der Waals surface area contributed by atoms with Gasteiger partial charge in [0, 0.05) is 24.4 Å². The summed E-state index contributed by atoms with van der Waals surface area (Å²) in [6, 6.07) is 13.4. The van der Waals surface area contributed by atoms with E-state index in [2.05, 4.69) is 10.6 Å². The zero-order chi connectivity index (χ0) is 18.0. The predicted octanol–water partition coefficient (Wildman–Crippen LogP) is 2.59.